The Hall–Kier alpha value is -1.99. The largest absolute Gasteiger partial charge is 0.484 e. The number of aromatic nitrogens is 1. The number of halogens is 2. The van der Waals surface area contributed by atoms with Crippen molar-refractivity contribution in [1.82, 2.24) is 10.4 Å². The van der Waals surface area contributed by atoms with Crippen molar-refractivity contribution in [3.63, 3.8) is 0 Å². The van der Waals surface area contributed by atoms with Gasteiger partial charge in [-0.3, -0.25) is 15.2 Å². The molecule has 0 atom stereocenters. The summed E-state index contributed by atoms with van der Waals surface area (Å²) in [5.41, 5.74) is 2.92. The van der Waals surface area contributed by atoms with Gasteiger partial charge >= 0.3 is 0 Å². The molecule has 0 radical (unpaired) electrons. The predicted octanol–water partition coefficient (Wildman–Crippen LogP) is 2.17. The van der Waals surface area contributed by atoms with Crippen LogP contribution in [0.1, 0.15) is 16.1 Å². The van der Waals surface area contributed by atoms with E-state index < -0.39 is 11.7 Å². The molecule has 1 aromatic carbocycles. The van der Waals surface area contributed by atoms with Crippen LogP contribution in [0.15, 0.2) is 41.0 Å². The van der Waals surface area contributed by atoms with Crippen molar-refractivity contribution in [1.29, 1.82) is 0 Å². The number of pyridine rings is 1. The molecule has 0 fully saturated rings. The third-order valence-electron chi connectivity index (χ3n) is 2.49. The highest BCUT2D eigenvalue weighted by molar-refractivity contribution is 9.10. The maximum absolute atomic E-state index is 13.5. The number of carbonyl (C=O) groups excluding carboxylic acids is 1. The van der Waals surface area contributed by atoms with Gasteiger partial charge in [0.05, 0.1) is 11.3 Å². The zero-order valence-corrected chi connectivity index (χ0v) is 11.9. The number of benzene rings is 1. The van der Waals surface area contributed by atoms with E-state index in [9.17, 15) is 9.18 Å². The fourth-order valence-electron chi connectivity index (χ4n) is 1.47. The molecule has 1 amide bonds. The predicted molar refractivity (Wildman–Crippen MR) is 74.3 cm³/mol. The number of amides is 1. The molecule has 3 N–H and O–H groups in total. The fourth-order valence-corrected chi connectivity index (χ4v) is 1.80. The van der Waals surface area contributed by atoms with Crippen molar-refractivity contribution in [3.05, 3.63) is 58.1 Å². The van der Waals surface area contributed by atoms with E-state index in [1.165, 1.54) is 18.3 Å². The SMILES string of the molecule is NNC(=O)c1ccc(COc2ccc(Br)cc2F)nc1. The van der Waals surface area contributed by atoms with Crippen LogP contribution in [0.5, 0.6) is 5.75 Å². The quantitative estimate of drug-likeness (QED) is 0.508. The molecule has 0 aliphatic heterocycles. The molecule has 0 saturated carbocycles. The van der Waals surface area contributed by atoms with Crippen molar-refractivity contribution in [3.8, 4) is 5.75 Å². The van der Waals surface area contributed by atoms with Gasteiger partial charge in [-0.05, 0) is 30.3 Å². The molecule has 7 heteroatoms. The van der Waals surface area contributed by atoms with Gasteiger partial charge in [0.25, 0.3) is 5.91 Å². The maximum atomic E-state index is 13.5. The van der Waals surface area contributed by atoms with Crippen molar-refractivity contribution < 1.29 is 13.9 Å². The topological polar surface area (TPSA) is 77.2 Å². The van der Waals surface area contributed by atoms with Gasteiger partial charge in [0, 0.05) is 10.7 Å². The minimum absolute atomic E-state index is 0.100. The molecule has 2 aromatic rings. The van der Waals surface area contributed by atoms with Crippen LogP contribution in [0.4, 0.5) is 4.39 Å². The maximum Gasteiger partial charge on any atom is 0.266 e. The molecule has 0 saturated heterocycles. The number of ether oxygens (including phenoxy) is 1. The molecule has 2 rings (SSSR count). The Morgan fingerprint density at radius 3 is 2.80 bits per heavy atom. The first kappa shape index (κ1) is 14.4. The number of nitrogens with one attached hydrogen (secondary N) is 1. The molecule has 1 heterocycles. The summed E-state index contributed by atoms with van der Waals surface area (Å²) in [5, 5.41) is 0. The molecule has 104 valence electrons. The van der Waals surface area contributed by atoms with Crippen LogP contribution in [-0.4, -0.2) is 10.9 Å². The number of nitrogens with two attached hydrogens (primary N) is 1. The second-order valence-corrected chi connectivity index (χ2v) is 4.79. The van der Waals surface area contributed by atoms with E-state index in [0.29, 0.717) is 15.7 Å². The minimum Gasteiger partial charge on any atom is -0.484 e. The standard InChI is InChI=1S/C13H11BrFN3O2/c14-9-2-4-12(11(15)5-9)20-7-10-3-1-8(6-17-10)13(19)18-16/h1-6H,7,16H2,(H,18,19). The Labute approximate surface area is 123 Å². The van der Waals surface area contributed by atoms with E-state index >= 15 is 0 Å². The van der Waals surface area contributed by atoms with Crippen LogP contribution in [-0.2, 0) is 6.61 Å². The highest BCUT2D eigenvalue weighted by Gasteiger charge is 2.06. The smallest absolute Gasteiger partial charge is 0.266 e. The molecular formula is C13H11BrFN3O2. The highest BCUT2D eigenvalue weighted by atomic mass is 79.9. The van der Waals surface area contributed by atoms with Crippen molar-refractivity contribution >= 4 is 21.8 Å². The summed E-state index contributed by atoms with van der Waals surface area (Å²) in [7, 11) is 0. The second kappa shape index (κ2) is 6.44. The monoisotopic (exact) mass is 339 g/mol. The zero-order valence-electron chi connectivity index (χ0n) is 10.3. The summed E-state index contributed by atoms with van der Waals surface area (Å²) in [6, 6.07) is 7.70. The van der Waals surface area contributed by atoms with Gasteiger partial charge in [-0.2, -0.15) is 0 Å². The first-order valence-electron chi connectivity index (χ1n) is 5.64. The molecule has 5 nitrogen and oxygen atoms in total. The van der Waals surface area contributed by atoms with Crippen molar-refractivity contribution in [2.45, 2.75) is 6.61 Å². The molecule has 0 spiro atoms. The van der Waals surface area contributed by atoms with Crippen molar-refractivity contribution in [2.24, 2.45) is 5.84 Å². The third-order valence-corrected chi connectivity index (χ3v) is 2.98. The summed E-state index contributed by atoms with van der Waals surface area (Å²) in [4.78, 5) is 15.3. The summed E-state index contributed by atoms with van der Waals surface area (Å²) in [6.07, 6.45) is 1.37. The molecular weight excluding hydrogens is 329 g/mol. The average Bonchev–Trinajstić information content (AvgIpc) is 2.46. The van der Waals surface area contributed by atoms with Gasteiger partial charge in [0.1, 0.15) is 6.61 Å². The van der Waals surface area contributed by atoms with Gasteiger partial charge in [0.2, 0.25) is 0 Å². The lowest BCUT2D eigenvalue weighted by molar-refractivity contribution is 0.0953. The minimum atomic E-state index is -0.460. The lowest BCUT2D eigenvalue weighted by atomic mass is 10.2. The van der Waals surface area contributed by atoms with E-state index in [1.807, 2.05) is 5.43 Å². The van der Waals surface area contributed by atoms with Crippen LogP contribution in [0, 0.1) is 5.82 Å². The normalized spacial score (nSPS) is 10.2. The lowest BCUT2D eigenvalue weighted by Crippen LogP contribution is -2.30. The summed E-state index contributed by atoms with van der Waals surface area (Å²) in [6.45, 7) is 0.100. The van der Waals surface area contributed by atoms with E-state index in [2.05, 4.69) is 20.9 Å². The Morgan fingerprint density at radius 1 is 1.40 bits per heavy atom. The lowest BCUT2D eigenvalue weighted by Gasteiger charge is -2.07. The number of hydrogen-bond donors (Lipinski definition) is 2. The Balaban J connectivity index is 2.02. The highest BCUT2D eigenvalue weighted by Crippen LogP contribution is 2.22. The zero-order chi connectivity index (χ0) is 14.5. The molecule has 0 unspecified atom stereocenters. The van der Waals surface area contributed by atoms with Crippen LogP contribution < -0.4 is 16.0 Å². The van der Waals surface area contributed by atoms with Crippen LogP contribution >= 0.6 is 15.9 Å². The molecule has 0 bridgehead atoms. The fraction of sp³-hybridized carbons (Fsp3) is 0.0769. The molecule has 1 aromatic heterocycles. The van der Waals surface area contributed by atoms with Gasteiger partial charge in [0.15, 0.2) is 11.6 Å². The van der Waals surface area contributed by atoms with E-state index in [0.717, 1.165) is 0 Å². The van der Waals surface area contributed by atoms with E-state index in [1.54, 1.807) is 18.2 Å². The van der Waals surface area contributed by atoms with Crippen LogP contribution in [0.25, 0.3) is 0 Å². The van der Waals surface area contributed by atoms with Crippen molar-refractivity contribution in [2.75, 3.05) is 0 Å². The average molecular weight is 340 g/mol. The second-order valence-electron chi connectivity index (χ2n) is 3.88. The molecule has 20 heavy (non-hydrogen) atoms. The molecule has 0 aliphatic carbocycles. The van der Waals surface area contributed by atoms with Crippen LogP contribution in [0.2, 0.25) is 0 Å². The van der Waals surface area contributed by atoms with Gasteiger partial charge < -0.3 is 4.74 Å². The van der Waals surface area contributed by atoms with Gasteiger partial charge in [-0.1, -0.05) is 15.9 Å². The first-order valence-corrected chi connectivity index (χ1v) is 6.43. The molecule has 0 aliphatic rings. The van der Waals surface area contributed by atoms with Crippen LogP contribution in [0.3, 0.4) is 0 Å². The Bertz CT molecular complexity index is 620. The van der Waals surface area contributed by atoms with Gasteiger partial charge in [-0.15, -0.1) is 0 Å². The summed E-state index contributed by atoms with van der Waals surface area (Å²) >= 11 is 3.16. The number of nitrogen functional groups attached to an aromatic ring is 1. The van der Waals surface area contributed by atoms with E-state index in [4.69, 9.17) is 10.6 Å². The number of nitrogens with zero attached hydrogens (tertiary/aromatic N) is 1. The number of rotatable bonds is 4. The summed E-state index contributed by atoms with van der Waals surface area (Å²) < 4.78 is 19.5. The number of hydrazine groups is 1. The number of carbonyl (C=O) groups is 1. The summed E-state index contributed by atoms with van der Waals surface area (Å²) in [5.74, 6) is 4.26. The van der Waals surface area contributed by atoms with E-state index in [-0.39, 0.29) is 12.4 Å². The third kappa shape index (κ3) is 3.52. The number of hydrogen-bond acceptors (Lipinski definition) is 4. The van der Waals surface area contributed by atoms with Gasteiger partial charge in [-0.25, -0.2) is 10.2 Å². The first-order chi connectivity index (χ1) is 9.60. The Morgan fingerprint density at radius 2 is 2.20 bits per heavy atom. The Kier molecular flexibility index (Phi) is 4.65.